The second kappa shape index (κ2) is 8.11. The molecule has 0 aliphatic rings. The topological polar surface area (TPSA) is 85.0 Å². The molecule has 1 heterocycles. The third-order valence-electron chi connectivity index (χ3n) is 3.54. The zero-order valence-electron chi connectivity index (χ0n) is 13.7. The van der Waals surface area contributed by atoms with Gasteiger partial charge in [-0.2, -0.15) is 5.10 Å². The van der Waals surface area contributed by atoms with Crippen LogP contribution in [-0.2, 0) is 6.54 Å². The van der Waals surface area contributed by atoms with E-state index in [-0.39, 0.29) is 16.6 Å². The molecule has 3 aromatic rings. The van der Waals surface area contributed by atoms with Gasteiger partial charge in [-0.15, -0.1) is 0 Å². The van der Waals surface area contributed by atoms with E-state index in [0.717, 1.165) is 5.56 Å². The Kier molecular flexibility index (Phi) is 5.63. The molecule has 0 unspecified atom stereocenters. The van der Waals surface area contributed by atoms with Gasteiger partial charge >= 0.3 is 0 Å². The number of nitrogens with one attached hydrogen (secondary N) is 2. The molecule has 7 nitrogen and oxygen atoms in total. The molecule has 1 aromatic heterocycles. The Hall–Kier alpha value is -3.04. The first kappa shape index (κ1) is 18.7. The third-order valence-corrected chi connectivity index (χ3v) is 4.02. The number of nitrogens with zero attached hydrogens (tertiary/aromatic N) is 3. The van der Waals surface area contributed by atoms with Crippen LogP contribution < -0.4 is 10.6 Å². The molecule has 0 spiro atoms. The van der Waals surface area contributed by atoms with E-state index in [9.17, 15) is 14.5 Å². The van der Waals surface area contributed by atoms with Crippen LogP contribution in [0.15, 0.2) is 54.7 Å². The van der Waals surface area contributed by atoms with Gasteiger partial charge in [0, 0.05) is 24.0 Å². The second-order valence-corrected chi connectivity index (χ2v) is 6.35. The average molecular weight is 406 g/mol. The normalized spacial score (nSPS) is 10.4. The van der Waals surface area contributed by atoms with Gasteiger partial charge < -0.3 is 10.6 Å². The summed E-state index contributed by atoms with van der Waals surface area (Å²) >= 11 is 11.4. The van der Waals surface area contributed by atoms with Crippen LogP contribution in [-0.4, -0.2) is 19.8 Å². The zero-order chi connectivity index (χ0) is 19.4. The van der Waals surface area contributed by atoms with Crippen LogP contribution in [0.2, 0.25) is 5.02 Å². The Bertz CT molecular complexity index is 976. The predicted octanol–water partition coefficient (Wildman–Crippen LogP) is 4.44. The second-order valence-electron chi connectivity index (χ2n) is 5.53. The molecule has 138 valence electrons. The number of rotatable bonds is 5. The highest BCUT2D eigenvalue weighted by Crippen LogP contribution is 2.21. The van der Waals surface area contributed by atoms with E-state index in [1.165, 1.54) is 24.3 Å². The quantitative estimate of drug-likeness (QED) is 0.371. The van der Waals surface area contributed by atoms with Crippen molar-refractivity contribution in [2.24, 2.45) is 0 Å². The van der Waals surface area contributed by atoms with Gasteiger partial charge in [0.15, 0.2) is 10.9 Å². The lowest BCUT2D eigenvalue weighted by molar-refractivity contribution is -0.384. The molecule has 10 heteroatoms. The van der Waals surface area contributed by atoms with E-state index >= 15 is 0 Å². The van der Waals surface area contributed by atoms with Crippen molar-refractivity contribution < 1.29 is 9.31 Å². The van der Waals surface area contributed by atoms with Crippen LogP contribution in [0.4, 0.5) is 21.6 Å². The number of halogens is 2. The summed E-state index contributed by atoms with van der Waals surface area (Å²) in [5, 5.41) is 21.3. The van der Waals surface area contributed by atoms with Gasteiger partial charge in [0.1, 0.15) is 10.8 Å². The number of non-ortho nitro benzene ring substituents is 1. The van der Waals surface area contributed by atoms with Gasteiger partial charge in [-0.25, -0.2) is 4.39 Å². The molecular formula is C17H13ClFN5O2S. The lowest BCUT2D eigenvalue weighted by Crippen LogP contribution is -2.19. The van der Waals surface area contributed by atoms with E-state index in [1.54, 1.807) is 35.1 Å². The Labute approximate surface area is 163 Å². The molecule has 0 amide bonds. The van der Waals surface area contributed by atoms with E-state index in [4.69, 9.17) is 23.8 Å². The highest BCUT2D eigenvalue weighted by molar-refractivity contribution is 7.80. The molecule has 2 N–H and O–H groups in total. The van der Waals surface area contributed by atoms with E-state index in [0.29, 0.717) is 23.1 Å². The predicted molar refractivity (Wildman–Crippen MR) is 106 cm³/mol. The minimum absolute atomic E-state index is 0.0120. The van der Waals surface area contributed by atoms with Crippen molar-refractivity contribution >= 4 is 46.1 Å². The molecular weight excluding hydrogens is 393 g/mol. The van der Waals surface area contributed by atoms with Gasteiger partial charge in [0.05, 0.1) is 11.5 Å². The summed E-state index contributed by atoms with van der Waals surface area (Å²) in [6.07, 6.45) is 1.63. The Morgan fingerprint density at radius 2 is 1.85 bits per heavy atom. The van der Waals surface area contributed by atoms with Crippen molar-refractivity contribution in [3.05, 3.63) is 81.2 Å². The Morgan fingerprint density at radius 1 is 1.19 bits per heavy atom. The van der Waals surface area contributed by atoms with Gasteiger partial charge in [-0.1, -0.05) is 23.7 Å². The lowest BCUT2D eigenvalue weighted by Gasteiger charge is -2.08. The van der Waals surface area contributed by atoms with Crippen molar-refractivity contribution in [2.75, 3.05) is 10.6 Å². The number of benzene rings is 2. The molecule has 0 aliphatic heterocycles. The van der Waals surface area contributed by atoms with E-state index < -0.39 is 4.92 Å². The van der Waals surface area contributed by atoms with E-state index in [1.807, 2.05) is 0 Å². The van der Waals surface area contributed by atoms with Crippen LogP contribution in [0.1, 0.15) is 5.56 Å². The fourth-order valence-electron chi connectivity index (χ4n) is 2.28. The molecule has 0 atom stereocenters. The first-order valence-corrected chi connectivity index (χ1v) is 8.49. The van der Waals surface area contributed by atoms with Gasteiger partial charge in [0.2, 0.25) is 0 Å². The molecule has 27 heavy (non-hydrogen) atoms. The summed E-state index contributed by atoms with van der Waals surface area (Å²) in [6.45, 7) is 0.421. The summed E-state index contributed by atoms with van der Waals surface area (Å²) in [4.78, 5) is 10.2. The minimum atomic E-state index is -0.478. The van der Waals surface area contributed by atoms with Crippen molar-refractivity contribution in [3.63, 3.8) is 0 Å². The number of nitro benzene ring substituents is 1. The maximum absolute atomic E-state index is 13.0. The maximum atomic E-state index is 13.0. The number of nitro groups is 1. The summed E-state index contributed by atoms with van der Waals surface area (Å²) in [7, 11) is 0. The lowest BCUT2D eigenvalue weighted by atomic mass is 10.2. The highest BCUT2D eigenvalue weighted by atomic mass is 35.5. The van der Waals surface area contributed by atoms with Crippen LogP contribution >= 0.6 is 23.8 Å². The van der Waals surface area contributed by atoms with Crippen LogP contribution in [0, 0.1) is 15.9 Å². The zero-order valence-corrected chi connectivity index (χ0v) is 15.3. The van der Waals surface area contributed by atoms with Gasteiger partial charge in [-0.05, 0) is 42.0 Å². The van der Waals surface area contributed by atoms with Crippen LogP contribution in [0.3, 0.4) is 0 Å². The molecule has 0 saturated carbocycles. The summed E-state index contributed by atoms with van der Waals surface area (Å²) in [5.74, 6) is 0.0560. The molecule has 0 bridgehead atoms. The molecule has 0 saturated heterocycles. The first-order valence-electron chi connectivity index (χ1n) is 7.70. The SMILES string of the molecule is O=[N+]([O-])c1ccc(NC(=S)Nc2nn(Cc3ccc(F)cc3)cc2Cl)cc1. The standard InChI is InChI=1S/C17H13ClFN5O2S/c18-15-10-23(9-11-1-3-12(19)4-2-11)22-16(15)21-17(27)20-13-5-7-14(8-6-13)24(25)26/h1-8,10H,9H2,(H2,20,21,22,27). The number of aromatic nitrogens is 2. The number of hydrogen-bond acceptors (Lipinski definition) is 4. The number of thiocarbonyl (C=S) groups is 1. The molecule has 0 aliphatic carbocycles. The highest BCUT2D eigenvalue weighted by Gasteiger charge is 2.10. The smallest absolute Gasteiger partial charge is 0.269 e. The summed E-state index contributed by atoms with van der Waals surface area (Å²) in [6, 6.07) is 11.9. The first-order chi connectivity index (χ1) is 12.9. The fraction of sp³-hybridized carbons (Fsp3) is 0.0588. The largest absolute Gasteiger partial charge is 0.332 e. The van der Waals surface area contributed by atoms with Crippen LogP contribution in [0.25, 0.3) is 0 Å². The van der Waals surface area contributed by atoms with Crippen molar-refractivity contribution in [3.8, 4) is 0 Å². The minimum Gasteiger partial charge on any atom is -0.332 e. The van der Waals surface area contributed by atoms with Crippen molar-refractivity contribution in [2.45, 2.75) is 6.54 Å². The fourth-order valence-corrected chi connectivity index (χ4v) is 2.69. The molecule has 2 aromatic carbocycles. The molecule has 0 fully saturated rings. The molecule has 0 radical (unpaired) electrons. The van der Waals surface area contributed by atoms with E-state index in [2.05, 4.69) is 15.7 Å². The van der Waals surface area contributed by atoms with Gasteiger partial charge in [-0.3, -0.25) is 14.8 Å². The molecule has 3 rings (SSSR count). The monoisotopic (exact) mass is 405 g/mol. The average Bonchev–Trinajstić information content (AvgIpc) is 2.96. The Morgan fingerprint density at radius 3 is 2.48 bits per heavy atom. The summed E-state index contributed by atoms with van der Waals surface area (Å²) < 4.78 is 14.6. The summed E-state index contributed by atoms with van der Waals surface area (Å²) in [5.41, 5.74) is 1.44. The van der Waals surface area contributed by atoms with Crippen molar-refractivity contribution in [1.82, 2.24) is 9.78 Å². The van der Waals surface area contributed by atoms with Gasteiger partial charge in [0.25, 0.3) is 5.69 Å². The Balaban J connectivity index is 1.63. The third kappa shape index (κ3) is 4.99. The number of hydrogen-bond donors (Lipinski definition) is 2. The maximum Gasteiger partial charge on any atom is 0.269 e. The van der Waals surface area contributed by atoms with Crippen LogP contribution in [0.5, 0.6) is 0 Å². The van der Waals surface area contributed by atoms with Crippen molar-refractivity contribution in [1.29, 1.82) is 0 Å². The number of anilines is 2.